The van der Waals surface area contributed by atoms with Gasteiger partial charge < -0.3 is 9.84 Å². The second-order valence-electron chi connectivity index (χ2n) is 4.81. The molecule has 1 aromatic carbocycles. The molecule has 0 saturated heterocycles. The third-order valence-corrected chi connectivity index (χ3v) is 2.10. The number of carboxylic acid groups (broad SMARTS) is 1. The van der Waals surface area contributed by atoms with Crippen LogP contribution in [0.1, 0.15) is 36.7 Å². The number of hydrogen-bond acceptors (Lipinski definition) is 2. The van der Waals surface area contributed by atoms with Crippen molar-refractivity contribution in [1.82, 2.24) is 0 Å². The zero-order chi connectivity index (χ0) is 13.9. The van der Waals surface area contributed by atoms with E-state index < -0.39 is 17.3 Å². The summed E-state index contributed by atoms with van der Waals surface area (Å²) in [6, 6.07) is 2.64. The van der Waals surface area contributed by atoms with Crippen LogP contribution in [0.3, 0.4) is 0 Å². The van der Waals surface area contributed by atoms with E-state index in [-0.39, 0.29) is 11.2 Å². The molecule has 0 aliphatic rings. The number of rotatable bonds is 2. The summed E-state index contributed by atoms with van der Waals surface area (Å²) in [5.41, 5.74) is -0.310. The molecule has 1 aromatic rings. The molecule has 0 radical (unpaired) electrons. The number of carbonyl (C=O) groups is 1. The number of halogens is 1. The minimum atomic E-state index is -1.33. The molecule has 0 aromatic heterocycles. The Hall–Kier alpha value is -2.02. The van der Waals surface area contributed by atoms with Crippen LogP contribution in [0.5, 0.6) is 5.75 Å². The summed E-state index contributed by atoms with van der Waals surface area (Å²) in [7, 11) is 1.28. The first-order chi connectivity index (χ1) is 8.26. The minimum Gasteiger partial charge on any atom is -0.492 e. The molecule has 0 heterocycles. The quantitative estimate of drug-likeness (QED) is 0.821. The van der Waals surface area contributed by atoms with Gasteiger partial charge in [0.2, 0.25) is 0 Å². The lowest BCUT2D eigenvalue weighted by Crippen LogP contribution is -2.04. The van der Waals surface area contributed by atoms with E-state index in [4.69, 9.17) is 9.84 Å². The van der Waals surface area contributed by atoms with Crippen LogP contribution in [0.2, 0.25) is 0 Å². The van der Waals surface area contributed by atoms with E-state index in [9.17, 15) is 9.18 Å². The van der Waals surface area contributed by atoms with E-state index in [1.807, 2.05) is 20.8 Å². The van der Waals surface area contributed by atoms with Gasteiger partial charge in [0.05, 0.1) is 18.2 Å². The molecule has 96 valence electrons. The van der Waals surface area contributed by atoms with Crippen LogP contribution in [-0.4, -0.2) is 18.2 Å². The average molecular weight is 250 g/mol. The molecule has 3 nitrogen and oxygen atoms in total. The average Bonchev–Trinajstić information content (AvgIpc) is 2.24. The number of carboxylic acids is 1. The van der Waals surface area contributed by atoms with Gasteiger partial charge in [-0.2, -0.15) is 0 Å². The largest absolute Gasteiger partial charge is 0.492 e. The fourth-order valence-corrected chi connectivity index (χ4v) is 1.27. The van der Waals surface area contributed by atoms with E-state index >= 15 is 0 Å². The Morgan fingerprint density at radius 3 is 2.44 bits per heavy atom. The van der Waals surface area contributed by atoms with Crippen molar-refractivity contribution in [1.29, 1.82) is 0 Å². The van der Waals surface area contributed by atoms with Crippen molar-refractivity contribution in [3.8, 4) is 17.6 Å². The summed E-state index contributed by atoms with van der Waals surface area (Å²) in [5, 5.41) is 8.80. The Bertz CT molecular complexity index is 530. The molecule has 1 rings (SSSR count). The summed E-state index contributed by atoms with van der Waals surface area (Å²) >= 11 is 0. The third-order valence-electron chi connectivity index (χ3n) is 2.10. The first kappa shape index (κ1) is 14.0. The van der Waals surface area contributed by atoms with Crippen molar-refractivity contribution in [2.45, 2.75) is 20.8 Å². The Balaban J connectivity index is 3.35. The summed E-state index contributed by atoms with van der Waals surface area (Å²) in [6.45, 7) is 5.78. The number of hydrogen-bond donors (Lipinski definition) is 1. The second kappa shape index (κ2) is 5.09. The topological polar surface area (TPSA) is 46.5 Å². The number of methoxy groups -OCH3 is 1. The van der Waals surface area contributed by atoms with Crippen molar-refractivity contribution in [2.75, 3.05) is 7.11 Å². The highest BCUT2D eigenvalue weighted by molar-refractivity contribution is 5.89. The van der Waals surface area contributed by atoms with Gasteiger partial charge in [0.15, 0.2) is 11.6 Å². The van der Waals surface area contributed by atoms with Crippen molar-refractivity contribution in [3.63, 3.8) is 0 Å². The van der Waals surface area contributed by atoms with Gasteiger partial charge >= 0.3 is 5.97 Å². The summed E-state index contributed by atoms with van der Waals surface area (Å²) in [5.74, 6) is 3.39. The molecule has 0 amide bonds. The van der Waals surface area contributed by atoms with Crippen molar-refractivity contribution in [2.24, 2.45) is 5.41 Å². The van der Waals surface area contributed by atoms with Gasteiger partial charge in [0.1, 0.15) is 0 Å². The van der Waals surface area contributed by atoms with Gasteiger partial charge in [0, 0.05) is 5.41 Å². The fraction of sp³-hybridized carbons (Fsp3) is 0.357. The minimum absolute atomic E-state index is 0.133. The Morgan fingerprint density at radius 2 is 2.00 bits per heavy atom. The third kappa shape index (κ3) is 3.24. The molecule has 0 saturated carbocycles. The number of ether oxygens (including phenoxy) is 1. The lowest BCUT2D eigenvalue weighted by atomic mass is 9.97. The van der Waals surface area contributed by atoms with Crippen LogP contribution >= 0.6 is 0 Å². The van der Waals surface area contributed by atoms with Gasteiger partial charge in [-0.05, 0) is 32.9 Å². The Kier molecular flexibility index (Phi) is 3.97. The smallest absolute Gasteiger partial charge is 0.338 e. The molecule has 18 heavy (non-hydrogen) atoms. The second-order valence-corrected chi connectivity index (χ2v) is 4.81. The molecule has 0 spiro atoms. The van der Waals surface area contributed by atoms with Gasteiger partial charge in [-0.1, -0.05) is 11.8 Å². The summed E-state index contributed by atoms with van der Waals surface area (Å²) < 4.78 is 18.7. The van der Waals surface area contributed by atoms with Gasteiger partial charge in [0.25, 0.3) is 0 Å². The normalized spacial score (nSPS) is 10.5. The lowest BCUT2D eigenvalue weighted by molar-refractivity contribution is 0.0691. The number of aromatic carboxylic acids is 1. The molecule has 0 unspecified atom stereocenters. The lowest BCUT2D eigenvalue weighted by Gasteiger charge is -2.09. The Labute approximate surface area is 106 Å². The molecule has 1 N–H and O–H groups in total. The zero-order valence-electron chi connectivity index (χ0n) is 10.8. The molecule has 0 fully saturated rings. The van der Waals surface area contributed by atoms with E-state index in [2.05, 4.69) is 11.8 Å². The molecule has 4 heteroatoms. The SMILES string of the molecule is COc1c(C#CC(C)(C)C)ccc(C(=O)O)c1F. The van der Waals surface area contributed by atoms with Crippen LogP contribution in [0, 0.1) is 23.1 Å². The zero-order valence-corrected chi connectivity index (χ0v) is 10.8. The van der Waals surface area contributed by atoms with Crippen LogP contribution < -0.4 is 4.74 Å². The van der Waals surface area contributed by atoms with Crippen LogP contribution in [0.4, 0.5) is 4.39 Å². The molecule has 0 aliphatic heterocycles. The fourth-order valence-electron chi connectivity index (χ4n) is 1.27. The monoisotopic (exact) mass is 250 g/mol. The molecular weight excluding hydrogens is 235 g/mol. The van der Waals surface area contributed by atoms with Gasteiger partial charge in [-0.25, -0.2) is 9.18 Å². The van der Waals surface area contributed by atoms with Gasteiger partial charge in [-0.3, -0.25) is 0 Å². The highest BCUT2D eigenvalue weighted by Gasteiger charge is 2.17. The van der Waals surface area contributed by atoms with E-state index in [0.717, 1.165) is 0 Å². The molecule has 0 bridgehead atoms. The highest BCUT2D eigenvalue weighted by Crippen LogP contribution is 2.25. The van der Waals surface area contributed by atoms with E-state index in [1.54, 1.807) is 0 Å². The molecular formula is C14H15FO3. The van der Waals surface area contributed by atoms with Crippen LogP contribution in [0.25, 0.3) is 0 Å². The van der Waals surface area contributed by atoms with E-state index in [1.165, 1.54) is 19.2 Å². The predicted octanol–water partition coefficient (Wildman–Crippen LogP) is 2.93. The van der Waals surface area contributed by atoms with Crippen molar-refractivity contribution >= 4 is 5.97 Å². The first-order valence-electron chi connectivity index (χ1n) is 5.39. The maximum absolute atomic E-state index is 13.8. The maximum atomic E-state index is 13.8. The highest BCUT2D eigenvalue weighted by atomic mass is 19.1. The van der Waals surface area contributed by atoms with Crippen LogP contribution in [-0.2, 0) is 0 Å². The predicted molar refractivity (Wildman–Crippen MR) is 66.2 cm³/mol. The first-order valence-corrected chi connectivity index (χ1v) is 5.39. The standard InChI is InChI=1S/C14H15FO3/c1-14(2,3)8-7-9-5-6-10(13(16)17)11(15)12(9)18-4/h5-6H,1-4H3,(H,16,17). The summed E-state index contributed by atoms with van der Waals surface area (Å²) in [6.07, 6.45) is 0. The molecule has 0 atom stereocenters. The Morgan fingerprint density at radius 1 is 1.39 bits per heavy atom. The summed E-state index contributed by atoms with van der Waals surface area (Å²) in [4.78, 5) is 10.8. The molecule has 0 aliphatic carbocycles. The van der Waals surface area contributed by atoms with E-state index in [0.29, 0.717) is 5.56 Å². The number of benzene rings is 1. The van der Waals surface area contributed by atoms with Crippen molar-refractivity contribution < 1.29 is 19.0 Å². The maximum Gasteiger partial charge on any atom is 0.338 e. The van der Waals surface area contributed by atoms with Gasteiger partial charge in [-0.15, -0.1) is 0 Å². The van der Waals surface area contributed by atoms with Crippen molar-refractivity contribution in [3.05, 3.63) is 29.1 Å². The van der Waals surface area contributed by atoms with Crippen LogP contribution in [0.15, 0.2) is 12.1 Å².